The van der Waals surface area contributed by atoms with Crippen molar-refractivity contribution in [3.05, 3.63) is 35.1 Å². The molecule has 0 aromatic heterocycles. The Bertz CT molecular complexity index is 470. The van der Waals surface area contributed by atoms with Gasteiger partial charge in [-0.2, -0.15) is 0 Å². The Kier molecular flexibility index (Phi) is 4.74. The molecule has 0 saturated heterocycles. The number of aliphatic imine (C=N–C) groups is 1. The zero-order valence-electron chi connectivity index (χ0n) is 11.6. The van der Waals surface area contributed by atoms with Crippen molar-refractivity contribution in [3.8, 4) is 0 Å². The number of hydrogen-bond acceptors (Lipinski definition) is 1. The second-order valence-corrected chi connectivity index (χ2v) is 6.14. The summed E-state index contributed by atoms with van der Waals surface area (Å²) in [5.74, 6) is 0.00210. The molecule has 0 atom stereocenters. The van der Waals surface area contributed by atoms with Gasteiger partial charge in [-0.3, -0.25) is 0 Å². The Morgan fingerprint density at radius 1 is 1.33 bits per heavy atom. The summed E-state index contributed by atoms with van der Waals surface area (Å²) in [4.78, 5) is 4.84. The minimum absolute atomic E-state index is 0.137. The standard InChI is InChI=1S/C15H20FNS/c1-10(2)12-7-6-11(8-13(12)16)9-17-14(18)15(3,4)5/h6-10H,1-5H3/b17-9+. The molecule has 0 fully saturated rings. The summed E-state index contributed by atoms with van der Waals surface area (Å²) in [5, 5.41) is 0. The number of hydrogen-bond donors (Lipinski definition) is 0. The van der Waals surface area contributed by atoms with E-state index in [1.165, 1.54) is 6.07 Å². The molecule has 18 heavy (non-hydrogen) atoms. The highest BCUT2D eigenvalue weighted by molar-refractivity contribution is 7.80. The van der Waals surface area contributed by atoms with Crippen LogP contribution in [-0.4, -0.2) is 11.2 Å². The Morgan fingerprint density at radius 3 is 2.39 bits per heavy atom. The largest absolute Gasteiger partial charge is 0.249 e. The SMILES string of the molecule is CC(C)c1ccc(/C=N/C(=S)C(C)(C)C)cc1F. The molecule has 0 heterocycles. The molecule has 1 nitrogen and oxygen atoms in total. The lowest BCUT2D eigenvalue weighted by Crippen LogP contribution is -2.15. The molecule has 0 radical (unpaired) electrons. The minimum atomic E-state index is -0.185. The first kappa shape index (κ1) is 15.0. The van der Waals surface area contributed by atoms with Crippen LogP contribution in [-0.2, 0) is 0 Å². The topological polar surface area (TPSA) is 12.4 Å². The number of benzene rings is 1. The quantitative estimate of drug-likeness (QED) is 0.555. The second kappa shape index (κ2) is 5.70. The lowest BCUT2D eigenvalue weighted by atomic mass is 9.97. The lowest BCUT2D eigenvalue weighted by molar-refractivity contribution is 0.596. The highest BCUT2D eigenvalue weighted by Crippen LogP contribution is 2.20. The molecule has 0 saturated carbocycles. The molecule has 0 unspecified atom stereocenters. The van der Waals surface area contributed by atoms with Crippen LogP contribution in [0.3, 0.4) is 0 Å². The van der Waals surface area contributed by atoms with Crippen molar-refractivity contribution in [2.75, 3.05) is 0 Å². The Balaban J connectivity index is 2.91. The molecule has 0 spiro atoms. The van der Waals surface area contributed by atoms with E-state index in [0.29, 0.717) is 4.99 Å². The van der Waals surface area contributed by atoms with Crippen LogP contribution in [0.4, 0.5) is 4.39 Å². The van der Waals surface area contributed by atoms with E-state index in [0.717, 1.165) is 11.1 Å². The summed E-state index contributed by atoms with van der Waals surface area (Å²) in [5.41, 5.74) is 1.33. The van der Waals surface area contributed by atoms with Crippen molar-refractivity contribution in [1.82, 2.24) is 0 Å². The van der Waals surface area contributed by atoms with Crippen molar-refractivity contribution in [2.45, 2.75) is 40.5 Å². The van der Waals surface area contributed by atoms with Gasteiger partial charge in [-0.05, 0) is 23.1 Å². The third kappa shape index (κ3) is 3.98. The summed E-state index contributed by atoms with van der Waals surface area (Å²) in [7, 11) is 0. The van der Waals surface area contributed by atoms with E-state index < -0.39 is 0 Å². The predicted molar refractivity (Wildman–Crippen MR) is 80.1 cm³/mol. The molecular weight excluding hydrogens is 245 g/mol. The van der Waals surface area contributed by atoms with Gasteiger partial charge < -0.3 is 0 Å². The van der Waals surface area contributed by atoms with Gasteiger partial charge >= 0.3 is 0 Å². The van der Waals surface area contributed by atoms with E-state index in [9.17, 15) is 4.39 Å². The van der Waals surface area contributed by atoms with Crippen molar-refractivity contribution in [3.63, 3.8) is 0 Å². The number of nitrogens with zero attached hydrogens (tertiary/aromatic N) is 1. The van der Waals surface area contributed by atoms with Gasteiger partial charge in [0, 0.05) is 11.6 Å². The summed E-state index contributed by atoms with van der Waals surface area (Å²) >= 11 is 5.20. The van der Waals surface area contributed by atoms with Crippen LogP contribution in [0, 0.1) is 11.2 Å². The van der Waals surface area contributed by atoms with E-state index in [4.69, 9.17) is 12.2 Å². The van der Waals surface area contributed by atoms with Gasteiger partial charge in [0.1, 0.15) is 10.8 Å². The van der Waals surface area contributed by atoms with E-state index in [1.54, 1.807) is 6.21 Å². The van der Waals surface area contributed by atoms with Crippen molar-refractivity contribution in [1.29, 1.82) is 0 Å². The fourth-order valence-corrected chi connectivity index (χ4v) is 1.47. The van der Waals surface area contributed by atoms with E-state index in [1.807, 2.05) is 46.8 Å². The highest BCUT2D eigenvalue weighted by Gasteiger charge is 2.15. The number of halogens is 1. The van der Waals surface area contributed by atoms with Crippen molar-refractivity contribution in [2.24, 2.45) is 10.4 Å². The number of thiocarbonyl (C=S) groups is 1. The molecule has 0 N–H and O–H groups in total. The Hall–Kier alpha value is -1.09. The van der Waals surface area contributed by atoms with Crippen LogP contribution in [0.1, 0.15) is 51.7 Å². The fourth-order valence-electron chi connectivity index (χ4n) is 1.42. The van der Waals surface area contributed by atoms with Crippen LogP contribution < -0.4 is 0 Å². The Morgan fingerprint density at radius 2 is 1.94 bits per heavy atom. The van der Waals surface area contributed by atoms with E-state index in [-0.39, 0.29) is 17.2 Å². The molecule has 0 bridgehead atoms. The first-order valence-corrected chi connectivity index (χ1v) is 6.50. The third-order valence-corrected chi connectivity index (χ3v) is 3.34. The lowest BCUT2D eigenvalue weighted by Gasteiger charge is -2.15. The van der Waals surface area contributed by atoms with E-state index >= 15 is 0 Å². The van der Waals surface area contributed by atoms with E-state index in [2.05, 4.69) is 4.99 Å². The van der Waals surface area contributed by atoms with Crippen molar-refractivity contribution < 1.29 is 4.39 Å². The zero-order valence-corrected chi connectivity index (χ0v) is 12.4. The first-order chi connectivity index (χ1) is 8.21. The molecule has 98 valence electrons. The third-order valence-electron chi connectivity index (χ3n) is 2.62. The maximum absolute atomic E-state index is 13.8. The van der Waals surface area contributed by atoms with Gasteiger partial charge in [-0.1, -0.05) is 59.0 Å². The Labute approximate surface area is 114 Å². The van der Waals surface area contributed by atoms with Gasteiger partial charge in [0.25, 0.3) is 0 Å². The van der Waals surface area contributed by atoms with Gasteiger partial charge in [-0.25, -0.2) is 9.38 Å². The average Bonchev–Trinajstić information content (AvgIpc) is 2.24. The van der Waals surface area contributed by atoms with Crippen LogP contribution in [0.2, 0.25) is 0 Å². The molecule has 0 aliphatic heterocycles. The zero-order chi connectivity index (χ0) is 13.9. The van der Waals surface area contributed by atoms with Crippen LogP contribution in [0.5, 0.6) is 0 Å². The van der Waals surface area contributed by atoms with Gasteiger partial charge in [0.05, 0.1) is 0 Å². The molecule has 0 amide bonds. The smallest absolute Gasteiger partial charge is 0.127 e. The molecule has 3 heteroatoms. The van der Waals surface area contributed by atoms with Crippen LogP contribution >= 0.6 is 12.2 Å². The summed E-state index contributed by atoms with van der Waals surface area (Å²) in [6, 6.07) is 5.18. The van der Waals surface area contributed by atoms with Crippen LogP contribution in [0.25, 0.3) is 0 Å². The summed E-state index contributed by atoms with van der Waals surface area (Å²) < 4.78 is 13.8. The minimum Gasteiger partial charge on any atom is -0.249 e. The maximum Gasteiger partial charge on any atom is 0.127 e. The monoisotopic (exact) mass is 265 g/mol. The molecule has 0 aliphatic carbocycles. The maximum atomic E-state index is 13.8. The predicted octanol–water partition coefficient (Wildman–Crippen LogP) is 4.74. The fraction of sp³-hybridized carbons (Fsp3) is 0.467. The van der Waals surface area contributed by atoms with Crippen LogP contribution in [0.15, 0.2) is 23.2 Å². The van der Waals surface area contributed by atoms with Gasteiger partial charge in [-0.15, -0.1) is 0 Å². The first-order valence-electron chi connectivity index (χ1n) is 6.09. The average molecular weight is 265 g/mol. The summed E-state index contributed by atoms with van der Waals surface area (Å²) in [6.45, 7) is 9.97. The normalized spacial score (nSPS) is 12.4. The van der Waals surface area contributed by atoms with Gasteiger partial charge in [0.15, 0.2) is 0 Å². The highest BCUT2D eigenvalue weighted by atomic mass is 32.1. The molecule has 1 rings (SSSR count). The number of rotatable bonds is 2. The molecule has 1 aromatic rings. The molecule has 0 aliphatic rings. The molecule has 1 aromatic carbocycles. The van der Waals surface area contributed by atoms with Gasteiger partial charge in [0.2, 0.25) is 0 Å². The molecular formula is C15H20FNS. The summed E-state index contributed by atoms with van der Waals surface area (Å²) in [6.07, 6.45) is 1.63. The van der Waals surface area contributed by atoms with Crippen molar-refractivity contribution >= 4 is 23.4 Å². The second-order valence-electron chi connectivity index (χ2n) is 5.75.